The number of carbonyl (C=O) groups is 1. The van der Waals surface area contributed by atoms with Crippen LogP contribution < -0.4 is 20.1 Å². The lowest BCUT2D eigenvalue weighted by atomic mass is 10.1. The molecule has 20 heavy (non-hydrogen) atoms. The van der Waals surface area contributed by atoms with Crippen LogP contribution in [0.15, 0.2) is 18.2 Å². The number of carbonyl (C=O) groups excluding carboxylic acids is 1. The number of methoxy groups -OCH3 is 1. The Kier molecular flexibility index (Phi) is 5.82. The highest BCUT2D eigenvalue weighted by Crippen LogP contribution is 2.27. The van der Waals surface area contributed by atoms with Gasteiger partial charge in [-0.2, -0.15) is 0 Å². The second-order valence-electron chi connectivity index (χ2n) is 5.60. The number of hydrogen-bond acceptors (Lipinski definition) is 4. The van der Waals surface area contributed by atoms with Crippen molar-refractivity contribution in [2.75, 3.05) is 20.8 Å². The van der Waals surface area contributed by atoms with Gasteiger partial charge in [-0.15, -0.1) is 0 Å². The van der Waals surface area contributed by atoms with Crippen molar-refractivity contribution in [1.29, 1.82) is 0 Å². The third-order valence-corrected chi connectivity index (χ3v) is 2.48. The molecule has 5 nitrogen and oxygen atoms in total. The molecule has 0 saturated heterocycles. The predicted octanol–water partition coefficient (Wildman–Crippen LogP) is 1.71. The number of rotatable bonds is 6. The monoisotopic (exact) mass is 280 g/mol. The van der Waals surface area contributed by atoms with E-state index in [4.69, 9.17) is 9.47 Å². The van der Waals surface area contributed by atoms with Crippen LogP contribution in [0.2, 0.25) is 0 Å². The van der Waals surface area contributed by atoms with Gasteiger partial charge in [-0.3, -0.25) is 4.79 Å². The van der Waals surface area contributed by atoms with Gasteiger partial charge in [0.1, 0.15) is 0 Å². The summed E-state index contributed by atoms with van der Waals surface area (Å²) in [6.45, 7) is 6.51. The molecular weight excluding hydrogens is 256 g/mol. The highest BCUT2D eigenvalue weighted by molar-refractivity contribution is 5.78. The highest BCUT2D eigenvalue weighted by atomic mass is 16.5. The minimum atomic E-state index is -0.263. The quantitative estimate of drug-likeness (QED) is 0.833. The molecule has 2 N–H and O–H groups in total. The van der Waals surface area contributed by atoms with E-state index in [1.807, 2.05) is 46.0 Å². The van der Waals surface area contributed by atoms with E-state index in [0.717, 1.165) is 12.1 Å². The molecule has 1 aromatic carbocycles. The molecule has 0 unspecified atom stereocenters. The van der Waals surface area contributed by atoms with Crippen LogP contribution in [0.1, 0.15) is 26.3 Å². The lowest BCUT2D eigenvalue weighted by molar-refractivity contribution is -0.124. The van der Waals surface area contributed by atoms with E-state index in [1.165, 1.54) is 0 Å². The summed E-state index contributed by atoms with van der Waals surface area (Å²) in [5.41, 5.74) is 0.831. The van der Waals surface area contributed by atoms with Gasteiger partial charge in [-0.1, -0.05) is 6.07 Å². The summed E-state index contributed by atoms with van der Waals surface area (Å²) >= 11 is 0. The van der Waals surface area contributed by atoms with E-state index in [0.29, 0.717) is 11.5 Å². The highest BCUT2D eigenvalue weighted by Gasteiger charge is 2.15. The Hall–Kier alpha value is -1.75. The molecule has 0 saturated carbocycles. The third-order valence-electron chi connectivity index (χ3n) is 2.48. The molecule has 0 aromatic heterocycles. The number of nitrogens with one attached hydrogen (secondary N) is 2. The Morgan fingerprint density at radius 1 is 1.25 bits per heavy atom. The summed E-state index contributed by atoms with van der Waals surface area (Å²) in [5, 5.41) is 5.91. The summed E-state index contributed by atoms with van der Waals surface area (Å²) < 4.78 is 10.8. The number of ether oxygens (including phenoxy) is 2. The molecule has 0 aliphatic rings. The topological polar surface area (TPSA) is 59.6 Å². The standard InChI is InChI=1S/C15H24N2O3/c1-15(2,3)17-14(18)10-20-12-7-6-11(9-16-4)8-13(12)19-5/h6-8,16H,9-10H2,1-5H3,(H,17,18). The van der Waals surface area contributed by atoms with E-state index >= 15 is 0 Å². The van der Waals surface area contributed by atoms with Crippen molar-refractivity contribution in [1.82, 2.24) is 10.6 Å². The molecule has 0 spiro atoms. The molecule has 0 radical (unpaired) electrons. The first-order valence-corrected chi connectivity index (χ1v) is 6.61. The summed E-state index contributed by atoms with van der Waals surface area (Å²) in [4.78, 5) is 11.7. The maximum Gasteiger partial charge on any atom is 0.258 e. The minimum absolute atomic E-state index is 0.0288. The van der Waals surface area contributed by atoms with Gasteiger partial charge in [-0.05, 0) is 45.5 Å². The number of benzene rings is 1. The van der Waals surface area contributed by atoms with Crippen molar-refractivity contribution < 1.29 is 14.3 Å². The fourth-order valence-corrected chi connectivity index (χ4v) is 1.74. The summed E-state index contributed by atoms with van der Waals surface area (Å²) in [7, 11) is 3.47. The molecule has 0 bridgehead atoms. The fraction of sp³-hybridized carbons (Fsp3) is 0.533. The van der Waals surface area contributed by atoms with E-state index in [1.54, 1.807) is 7.11 Å². The molecule has 0 atom stereocenters. The Morgan fingerprint density at radius 2 is 1.95 bits per heavy atom. The lowest BCUT2D eigenvalue weighted by Crippen LogP contribution is -2.43. The molecular formula is C15H24N2O3. The maximum absolute atomic E-state index is 11.7. The smallest absolute Gasteiger partial charge is 0.258 e. The van der Waals surface area contributed by atoms with Crippen LogP contribution in [0.4, 0.5) is 0 Å². The third kappa shape index (κ3) is 5.48. The van der Waals surface area contributed by atoms with E-state index < -0.39 is 0 Å². The molecule has 112 valence electrons. The van der Waals surface area contributed by atoms with Gasteiger partial charge in [0.25, 0.3) is 5.91 Å². The zero-order valence-electron chi connectivity index (χ0n) is 12.9. The predicted molar refractivity (Wildman–Crippen MR) is 79.1 cm³/mol. The van der Waals surface area contributed by atoms with Crippen LogP contribution in [0.25, 0.3) is 0 Å². The zero-order valence-corrected chi connectivity index (χ0v) is 12.9. The van der Waals surface area contributed by atoms with E-state index in [2.05, 4.69) is 10.6 Å². The molecule has 0 fully saturated rings. The number of amides is 1. The molecule has 5 heteroatoms. The molecule has 0 aliphatic carbocycles. The van der Waals surface area contributed by atoms with Crippen molar-refractivity contribution in [2.45, 2.75) is 32.9 Å². The average molecular weight is 280 g/mol. The first-order chi connectivity index (χ1) is 9.35. The van der Waals surface area contributed by atoms with Gasteiger partial charge in [0.05, 0.1) is 7.11 Å². The Bertz CT molecular complexity index is 453. The van der Waals surface area contributed by atoms with E-state index in [9.17, 15) is 4.79 Å². The van der Waals surface area contributed by atoms with Crippen molar-refractivity contribution in [3.8, 4) is 11.5 Å². The van der Waals surface area contributed by atoms with Gasteiger partial charge >= 0.3 is 0 Å². The first kappa shape index (κ1) is 16.3. The van der Waals surface area contributed by atoms with Crippen LogP contribution in [0, 0.1) is 0 Å². The van der Waals surface area contributed by atoms with Gasteiger partial charge in [0, 0.05) is 12.1 Å². The Balaban J connectivity index is 2.65. The summed E-state index contributed by atoms with van der Waals surface area (Å²) in [5.74, 6) is 1.04. The average Bonchev–Trinajstić information content (AvgIpc) is 2.35. The lowest BCUT2D eigenvalue weighted by Gasteiger charge is -2.20. The molecule has 1 aromatic rings. The van der Waals surface area contributed by atoms with Gasteiger partial charge in [0.2, 0.25) is 0 Å². The zero-order chi connectivity index (χ0) is 15.2. The van der Waals surface area contributed by atoms with Crippen molar-refractivity contribution in [3.63, 3.8) is 0 Å². The minimum Gasteiger partial charge on any atom is -0.493 e. The largest absolute Gasteiger partial charge is 0.493 e. The fourth-order valence-electron chi connectivity index (χ4n) is 1.74. The van der Waals surface area contributed by atoms with Crippen molar-refractivity contribution in [3.05, 3.63) is 23.8 Å². The molecule has 1 rings (SSSR count). The van der Waals surface area contributed by atoms with E-state index in [-0.39, 0.29) is 18.1 Å². The van der Waals surface area contributed by atoms with Gasteiger partial charge in [0.15, 0.2) is 18.1 Å². The molecule has 1 amide bonds. The Labute approximate surface area is 120 Å². The Morgan fingerprint density at radius 3 is 2.50 bits per heavy atom. The molecule has 0 heterocycles. The number of hydrogen-bond donors (Lipinski definition) is 2. The van der Waals surface area contributed by atoms with Crippen LogP contribution >= 0.6 is 0 Å². The normalized spacial score (nSPS) is 11.1. The van der Waals surface area contributed by atoms with Crippen LogP contribution in [-0.4, -0.2) is 32.2 Å². The summed E-state index contributed by atoms with van der Waals surface area (Å²) in [6, 6.07) is 5.65. The SMILES string of the molecule is CNCc1ccc(OCC(=O)NC(C)(C)C)c(OC)c1. The maximum atomic E-state index is 11.7. The van der Waals surface area contributed by atoms with Crippen LogP contribution in [0.3, 0.4) is 0 Å². The van der Waals surface area contributed by atoms with Crippen LogP contribution in [0.5, 0.6) is 11.5 Å². The molecule has 0 aliphatic heterocycles. The second-order valence-corrected chi connectivity index (χ2v) is 5.60. The van der Waals surface area contributed by atoms with Crippen molar-refractivity contribution >= 4 is 5.91 Å². The summed E-state index contributed by atoms with van der Waals surface area (Å²) in [6.07, 6.45) is 0. The van der Waals surface area contributed by atoms with Gasteiger partial charge < -0.3 is 20.1 Å². The van der Waals surface area contributed by atoms with Gasteiger partial charge in [-0.25, -0.2) is 0 Å². The van der Waals surface area contributed by atoms with Crippen molar-refractivity contribution in [2.24, 2.45) is 0 Å². The second kappa shape index (κ2) is 7.14. The van der Waals surface area contributed by atoms with Crippen LogP contribution in [-0.2, 0) is 11.3 Å². The first-order valence-electron chi connectivity index (χ1n) is 6.61.